The lowest BCUT2D eigenvalue weighted by Gasteiger charge is -2.26. The van der Waals surface area contributed by atoms with Gasteiger partial charge in [-0.1, -0.05) is 6.07 Å². The highest BCUT2D eigenvalue weighted by atomic mass is 16.5. The van der Waals surface area contributed by atoms with Crippen LogP contribution in [0.5, 0.6) is 5.75 Å². The highest BCUT2D eigenvalue weighted by molar-refractivity contribution is 6.02. The molecule has 0 atom stereocenters. The van der Waals surface area contributed by atoms with Gasteiger partial charge >= 0.3 is 0 Å². The molecule has 3 N–H and O–H groups in total. The predicted octanol–water partition coefficient (Wildman–Crippen LogP) is 1.09. The molecule has 0 aromatic heterocycles. The van der Waals surface area contributed by atoms with Crippen LogP contribution in [0.4, 0.5) is 0 Å². The Morgan fingerprint density at radius 2 is 2.16 bits per heavy atom. The molecule has 19 heavy (non-hydrogen) atoms. The first-order valence-corrected chi connectivity index (χ1v) is 6.57. The summed E-state index contributed by atoms with van der Waals surface area (Å²) < 4.78 is 5.31. The van der Waals surface area contributed by atoms with E-state index in [1.807, 2.05) is 19.1 Å². The molecule has 5 nitrogen and oxygen atoms in total. The molecule has 0 unspecified atom stereocenters. The maximum absolute atomic E-state index is 9.96. The van der Waals surface area contributed by atoms with E-state index in [1.165, 1.54) is 0 Å². The summed E-state index contributed by atoms with van der Waals surface area (Å²) in [4.78, 5) is 2.32. The van der Waals surface area contributed by atoms with Gasteiger partial charge in [0.1, 0.15) is 5.75 Å². The highest BCUT2D eigenvalue weighted by Crippen LogP contribution is 2.20. The first kappa shape index (κ1) is 13.8. The Hall–Kier alpha value is -1.59. The Morgan fingerprint density at radius 1 is 1.42 bits per heavy atom. The summed E-state index contributed by atoms with van der Waals surface area (Å²) in [5.41, 5.74) is 2.48. The van der Waals surface area contributed by atoms with Crippen LogP contribution in [-0.4, -0.2) is 48.6 Å². The SMILES string of the molecule is Cc1ccc(C(CCN2CCOCC2)=NN)c(O)c1. The maximum Gasteiger partial charge on any atom is 0.124 e. The third-order valence-corrected chi connectivity index (χ3v) is 3.39. The van der Waals surface area contributed by atoms with Gasteiger partial charge in [-0.25, -0.2) is 0 Å². The van der Waals surface area contributed by atoms with Gasteiger partial charge in [-0.2, -0.15) is 5.10 Å². The molecule has 1 aliphatic heterocycles. The molecular weight excluding hydrogens is 242 g/mol. The van der Waals surface area contributed by atoms with Crippen molar-refractivity contribution in [3.63, 3.8) is 0 Å². The van der Waals surface area contributed by atoms with E-state index in [-0.39, 0.29) is 5.75 Å². The predicted molar refractivity (Wildman–Crippen MR) is 75.4 cm³/mol. The van der Waals surface area contributed by atoms with Crippen LogP contribution in [0, 0.1) is 6.92 Å². The van der Waals surface area contributed by atoms with Crippen molar-refractivity contribution in [3.05, 3.63) is 29.3 Å². The fourth-order valence-corrected chi connectivity index (χ4v) is 2.24. The van der Waals surface area contributed by atoms with Crippen LogP contribution in [0.15, 0.2) is 23.3 Å². The molecule has 1 fully saturated rings. The molecule has 104 valence electrons. The molecule has 1 aliphatic rings. The lowest BCUT2D eigenvalue weighted by molar-refractivity contribution is 0.0392. The van der Waals surface area contributed by atoms with Gasteiger partial charge in [-0.3, -0.25) is 4.90 Å². The molecule has 1 aromatic rings. The third-order valence-electron chi connectivity index (χ3n) is 3.39. The first-order chi connectivity index (χ1) is 9.20. The fourth-order valence-electron chi connectivity index (χ4n) is 2.24. The van der Waals surface area contributed by atoms with E-state index in [4.69, 9.17) is 10.6 Å². The van der Waals surface area contributed by atoms with Crippen molar-refractivity contribution in [3.8, 4) is 5.75 Å². The minimum atomic E-state index is 0.242. The molecule has 0 saturated carbocycles. The Balaban J connectivity index is 1.99. The van der Waals surface area contributed by atoms with Crippen LogP contribution in [0.3, 0.4) is 0 Å². The van der Waals surface area contributed by atoms with Gasteiger partial charge in [-0.15, -0.1) is 0 Å². The normalized spacial score (nSPS) is 17.6. The Bertz CT molecular complexity index is 454. The number of hydrogen-bond donors (Lipinski definition) is 2. The van der Waals surface area contributed by atoms with Crippen molar-refractivity contribution in [2.75, 3.05) is 32.8 Å². The van der Waals surface area contributed by atoms with E-state index in [1.54, 1.807) is 6.07 Å². The Labute approximate surface area is 113 Å². The number of hydrogen-bond acceptors (Lipinski definition) is 5. The molecule has 1 aromatic carbocycles. The van der Waals surface area contributed by atoms with E-state index < -0.39 is 0 Å². The van der Waals surface area contributed by atoms with Crippen molar-refractivity contribution in [1.29, 1.82) is 0 Å². The zero-order valence-corrected chi connectivity index (χ0v) is 11.3. The second kappa shape index (κ2) is 6.54. The van der Waals surface area contributed by atoms with Crippen molar-refractivity contribution in [2.24, 2.45) is 10.9 Å². The fraction of sp³-hybridized carbons (Fsp3) is 0.500. The van der Waals surface area contributed by atoms with Gasteiger partial charge in [0.25, 0.3) is 0 Å². The Morgan fingerprint density at radius 3 is 2.79 bits per heavy atom. The first-order valence-electron chi connectivity index (χ1n) is 6.57. The molecule has 0 spiro atoms. The molecule has 0 aliphatic carbocycles. The van der Waals surface area contributed by atoms with Gasteiger partial charge in [0.2, 0.25) is 0 Å². The van der Waals surface area contributed by atoms with Crippen LogP contribution in [0.2, 0.25) is 0 Å². The summed E-state index contributed by atoms with van der Waals surface area (Å²) in [6, 6.07) is 5.56. The van der Waals surface area contributed by atoms with E-state index >= 15 is 0 Å². The molecule has 1 saturated heterocycles. The Kier molecular flexibility index (Phi) is 4.76. The number of nitrogens with two attached hydrogens (primary N) is 1. The second-order valence-electron chi connectivity index (χ2n) is 4.80. The average molecular weight is 263 g/mol. The topological polar surface area (TPSA) is 71.1 Å². The number of aryl methyl sites for hydroxylation is 1. The highest BCUT2D eigenvalue weighted by Gasteiger charge is 2.14. The lowest BCUT2D eigenvalue weighted by atomic mass is 10.0. The number of nitrogens with zero attached hydrogens (tertiary/aromatic N) is 2. The molecule has 0 radical (unpaired) electrons. The van der Waals surface area contributed by atoms with E-state index in [9.17, 15) is 5.11 Å². The van der Waals surface area contributed by atoms with Gasteiger partial charge < -0.3 is 15.7 Å². The number of phenolic OH excluding ortho intramolecular Hbond substituents is 1. The number of ether oxygens (including phenoxy) is 1. The van der Waals surface area contributed by atoms with Gasteiger partial charge in [0, 0.05) is 31.6 Å². The number of rotatable bonds is 4. The number of hydrazone groups is 1. The number of aromatic hydroxyl groups is 1. The van der Waals surface area contributed by atoms with Crippen molar-refractivity contribution < 1.29 is 9.84 Å². The summed E-state index contributed by atoms with van der Waals surface area (Å²) in [6.45, 7) is 6.27. The van der Waals surface area contributed by atoms with Gasteiger partial charge in [-0.05, 0) is 24.6 Å². The number of phenols is 1. The molecule has 1 heterocycles. The quantitative estimate of drug-likeness (QED) is 0.484. The summed E-state index contributed by atoms with van der Waals surface area (Å²) >= 11 is 0. The van der Waals surface area contributed by atoms with Gasteiger partial charge in [0.15, 0.2) is 0 Å². The minimum absolute atomic E-state index is 0.242. The smallest absolute Gasteiger partial charge is 0.124 e. The molecule has 2 rings (SSSR count). The van der Waals surface area contributed by atoms with Crippen molar-refractivity contribution >= 4 is 5.71 Å². The maximum atomic E-state index is 9.96. The molecular formula is C14H21N3O2. The largest absolute Gasteiger partial charge is 0.507 e. The number of benzene rings is 1. The zero-order chi connectivity index (χ0) is 13.7. The summed E-state index contributed by atoms with van der Waals surface area (Å²) in [6.07, 6.45) is 0.729. The van der Waals surface area contributed by atoms with Crippen LogP contribution in [0.1, 0.15) is 17.5 Å². The molecule has 5 heteroatoms. The minimum Gasteiger partial charge on any atom is -0.507 e. The summed E-state index contributed by atoms with van der Waals surface area (Å²) in [5.74, 6) is 5.70. The van der Waals surface area contributed by atoms with Crippen molar-refractivity contribution in [2.45, 2.75) is 13.3 Å². The van der Waals surface area contributed by atoms with E-state index in [2.05, 4.69) is 10.0 Å². The van der Waals surface area contributed by atoms with Crippen LogP contribution < -0.4 is 5.84 Å². The number of morpholine rings is 1. The monoisotopic (exact) mass is 263 g/mol. The lowest BCUT2D eigenvalue weighted by Crippen LogP contribution is -2.37. The van der Waals surface area contributed by atoms with E-state index in [0.717, 1.165) is 56.1 Å². The second-order valence-corrected chi connectivity index (χ2v) is 4.80. The third kappa shape index (κ3) is 3.68. The summed E-state index contributed by atoms with van der Waals surface area (Å²) in [7, 11) is 0. The molecule has 0 bridgehead atoms. The molecule has 0 amide bonds. The summed E-state index contributed by atoms with van der Waals surface area (Å²) in [5, 5.41) is 13.8. The van der Waals surface area contributed by atoms with Crippen LogP contribution in [-0.2, 0) is 4.74 Å². The van der Waals surface area contributed by atoms with Crippen LogP contribution >= 0.6 is 0 Å². The van der Waals surface area contributed by atoms with E-state index in [0.29, 0.717) is 0 Å². The van der Waals surface area contributed by atoms with Crippen molar-refractivity contribution in [1.82, 2.24) is 4.90 Å². The standard InChI is InChI=1S/C14H21N3O2/c1-11-2-3-12(14(18)10-11)13(16-15)4-5-17-6-8-19-9-7-17/h2-3,10,18H,4-9,15H2,1H3. The van der Waals surface area contributed by atoms with Gasteiger partial charge in [0.05, 0.1) is 18.9 Å². The average Bonchev–Trinajstić information content (AvgIpc) is 2.42. The zero-order valence-electron chi connectivity index (χ0n) is 11.3. The van der Waals surface area contributed by atoms with Crippen LogP contribution in [0.25, 0.3) is 0 Å².